The van der Waals surface area contributed by atoms with Gasteiger partial charge in [0.05, 0.1) is 13.7 Å². The van der Waals surface area contributed by atoms with Gasteiger partial charge in [-0.3, -0.25) is 4.79 Å². The van der Waals surface area contributed by atoms with Crippen molar-refractivity contribution in [3.63, 3.8) is 0 Å². The van der Waals surface area contributed by atoms with Crippen molar-refractivity contribution in [2.24, 2.45) is 0 Å². The summed E-state index contributed by atoms with van der Waals surface area (Å²) < 4.78 is 39.1. The first-order valence-corrected chi connectivity index (χ1v) is 11.1. The predicted octanol–water partition coefficient (Wildman–Crippen LogP) is 3.23. The zero-order valence-corrected chi connectivity index (χ0v) is 19.2. The monoisotopic (exact) mass is 434 g/mol. The molecule has 0 fully saturated rings. The van der Waals surface area contributed by atoms with Crippen molar-refractivity contribution in [3.05, 3.63) is 53.6 Å². The average Bonchev–Trinajstić information content (AvgIpc) is 2.65. The Morgan fingerprint density at radius 3 is 2.43 bits per heavy atom. The fraction of sp³-hybridized carbons (Fsp3) is 0.409. The lowest BCUT2D eigenvalue weighted by atomic mass is 10.1. The first kappa shape index (κ1) is 23.7. The molecular formula is C22H30N2O5S. The van der Waals surface area contributed by atoms with Crippen LogP contribution in [0.2, 0.25) is 0 Å². The number of carbonyl (C=O) groups is 1. The van der Waals surface area contributed by atoms with Gasteiger partial charge < -0.3 is 14.4 Å². The topological polar surface area (TPSA) is 84.9 Å². The van der Waals surface area contributed by atoms with Crippen molar-refractivity contribution >= 4 is 15.9 Å². The predicted molar refractivity (Wildman–Crippen MR) is 117 cm³/mol. The van der Waals surface area contributed by atoms with E-state index in [2.05, 4.69) is 4.72 Å². The number of benzene rings is 2. The SMILES string of the molecule is COc1ccc(C(=O)N(C)CCOc2cccc(C)c2)cc1S(=O)(=O)NC(C)(C)C. The number of nitrogens with one attached hydrogen (secondary N) is 1. The molecule has 0 aromatic heterocycles. The van der Waals surface area contributed by atoms with Gasteiger partial charge in [-0.25, -0.2) is 13.1 Å². The van der Waals surface area contributed by atoms with Crippen LogP contribution in [0.4, 0.5) is 0 Å². The lowest BCUT2D eigenvalue weighted by Gasteiger charge is -2.22. The van der Waals surface area contributed by atoms with Crippen molar-refractivity contribution in [1.29, 1.82) is 0 Å². The molecule has 0 saturated heterocycles. The van der Waals surface area contributed by atoms with Crippen LogP contribution < -0.4 is 14.2 Å². The quantitative estimate of drug-likeness (QED) is 0.690. The number of methoxy groups -OCH3 is 1. The molecule has 0 unspecified atom stereocenters. The number of nitrogens with zero attached hydrogens (tertiary/aromatic N) is 1. The van der Waals surface area contributed by atoms with Gasteiger partial charge in [0.15, 0.2) is 0 Å². The van der Waals surface area contributed by atoms with E-state index in [1.807, 2.05) is 31.2 Å². The second-order valence-electron chi connectivity index (χ2n) is 8.11. The lowest BCUT2D eigenvalue weighted by Crippen LogP contribution is -2.40. The highest BCUT2D eigenvalue weighted by molar-refractivity contribution is 7.89. The summed E-state index contributed by atoms with van der Waals surface area (Å²) in [6, 6.07) is 12.0. The molecule has 2 aromatic carbocycles. The number of sulfonamides is 1. The van der Waals surface area contributed by atoms with Gasteiger partial charge in [0.2, 0.25) is 10.0 Å². The molecular weight excluding hydrogens is 404 g/mol. The number of carbonyl (C=O) groups excluding carboxylic acids is 1. The zero-order chi connectivity index (χ0) is 22.5. The van der Waals surface area contributed by atoms with E-state index >= 15 is 0 Å². The summed E-state index contributed by atoms with van der Waals surface area (Å²) in [5.41, 5.74) is 0.671. The molecule has 0 aliphatic carbocycles. The summed E-state index contributed by atoms with van der Waals surface area (Å²) >= 11 is 0. The summed E-state index contributed by atoms with van der Waals surface area (Å²) in [6.07, 6.45) is 0. The number of amides is 1. The van der Waals surface area contributed by atoms with Crippen LogP contribution in [0.1, 0.15) is 36.7 Å². The Balaban J connectivity index is 2.15. The molecule has 0 aliphatic rings. The van der Waals surface area contributed by atoms with Crippen LogP contribution >= 0.6 is 0 Å². The number of hydrogen-bond acceptors (Lipinski definition) is 5. The minimum Gasteiger partial charge on any atom is -0.495 e. The van der Waals surface area contributed by atoms with Gasteiger partial charge in [0.25, 0.3) is 5.91 Å². The number of aryl methyl sites for hydroxylation is 1. The summed E-state index contributed by atoms with van der Waals surface area (Å²) in [7, 11) is -0.833. The van der Waals surface area contributed by atoms with Gasteiger partial charge in [-0.2, -0.15) is 0 Å². The molecule has 2 aromatic rings. The fourth-order valence-electron chi connectivity index (χ4n) is 2.81. The first-order valence-electron chi connectivity index (χ1n) is 9.60. The Labute approximate surface area is 179 Å². The van der Waals surface area contributed by atoms with Crippen molar-refractivity contribution in [3.8, 4) is 11.5 Å². The van der Waals surface area contributed by atoms with Gasteiger partial charge in [-0.05, 0) is 63.6 Å². The molecule has 30 heavy (non-hydrogen) atoms. The molecule has 0 aliphatic heterocycles. The first-order chi connectivity index (χ1) is 13.9. The smallest absolute Gasteiger partial charge is 0.253 e. The zero-order valence-electron chi connectivity index (χ0n) is 18.4. The molecule has 7 nitrogen and oxygen atoms in total. The van der Waals surface area contributed by atoms with E-state index in [9.17, 15) is 13.2 Å². The Morgan fingerprint density at radius 1 is 1.13 bits per heavy atom. The molecule has 0 saturated carbocycles. The van der Waals surface area contributed by atoms with Crippen molar-refractivity contribution in [1.82, 2.24) is 9.62 Å². The Morgan fingerprint density at radius 2 is 1.83 bits per heavy atom. The van der Waals surface area contributed by atoms with Crippen LogP contribution in [-0.2, 0) is 10.0 Å². The number of likely N-dealkylation sites (N-methyl/N-ethyl adjacent to an activating group) is 1. The highest BCUT2D eigenvalue weighted by Gasteiger charge is 2.27. The summed E-state index contributed by atoms with van der Waals surface area (Å²) in [6.45, 7) is 7.88. The third-order valence-electron chi connectivity index (χ3n) is 4.17. The van der Waals surface area contributed by atoms with E-state index in [1.165, 1.54) is 24.1 Å². The minimum atomic E-state index is -3.87. The highest BCUT2D eigenvalue weighted by atomic mass is 32.2. The molecule has 0 spiro atoms. The lowest BCUT2D eigenvalue weighted by molar-refractivity contribution is 0.0773. The summed E-state index contributed by atoms with van der Waals surface area (Å²) in [5.74, 6) is 0.605. The second-order valence-corrected chi connectivity index (χ2v) is 9.76. The van der Waals surface area contributed by atoms with Crippen LogP contribution in [0.3, 0.4) is 0 Å². The van der Waals surface area contributed by atoms with Crippen LogP contribution in [0.25, 0.3) is 0 Å². The molecule has 1 N–H and O–H groups in total. The Bertz CT molecular complexity index is 997. The standard InChI is InChI=1S/C22H30N2O5S/c1-16-8-7-9-18(14-16)29-13-12-24(5)21(25)17-10-11-19(28-6)20(15-17)30(26,27)23-22(2,3)4/h7-11,14-15,23H,12-13H2,1-6H3. The summed E-state index contributed by atoms with van der Waals surface area (Å²) in [4.78, 5) is 14.2. The van der Waals surface area contributed by atoms with Gasteiger partial charge in [0.1, 0.15) is 23.0 Å². The van der Waals surface area contributed by atoms with Crippen LogP contribution in [0.5, 0.6) is 11.5 Å². The van der Waals surface area contributed by atoms with E-state index in [0.29, 0.717) is 13.2 Å². The Kier molecular flexibility index (Phi) is 7.49. The molecule has 164 valence electrons. The summed E-state index contributed by atoms with van der Waals surface area (Å²) in [5, 5.41) is 0. The van der Waals surface area contributed by atoms with Crippen molar-refractivity contribution in [2.75, 3.05) is 27.3 Å². The highest BCUT2D eigenvalue weighted by Crippen LogP contribution is 2.26. The average molecular weight is 435 g/mol. The number of hydrogen-bond donors (Lipinski definition) is 1. The maximum absolute atomic E-state index is 12.8. The van der Waals surface area contributed by atoms with Gasteiger partial charge in [0, 0.05) is 18.2 Å². The van der Waals surface area contributed by atoms with Crippen LogP contribution in [0, 0.1) is 6.92 Å². The van der Waals surface area contributed by atoms with E-state index < -0.39 is 15.6 Å². The largest absolute Gasteiger partial charge is 0.495 e. The number of ether oxygens (including phenoxy) is 2. The molecule has 1 amide bonds. The van der Waals surface area contributed by atoms with Crippen molar-refractivity contribution in [2.45, 2.75) is 38.1 Å². The van der Waals surface area contributed by atoms with E-state index in [4.69, 9.17) is 9.47 Å². The van der Waals surface area contributed by atoms with Gasteiger partial charge >= 0.3 is 0 Å². The third-order valence-corrected chi connectivity index (χ3v) is 5.95. The van der Waals surface area contributed by atoms with E-state index in [0.717, 1.165) is 11.3 Å². The Hall–Kier alpha value is -2.58. The molecule has 0 atom stereocenters. The van der Waals surface area contributed by atoms with Crippen LogP contribution in [-0.4, -0.2) is 52.1 Å². The molecule has 2 rings (SSSR count). The molecule has 0 bridgehead atoms. The molecule has 0 heterocycles. The maximum atomic E-state index is 12.8. The molecule has 8 heteroatoms. The fourth-order valence-corrected chi connectivity index (χ4v) is 4.42. The van der Waals surface area contributed by atoms with Gasteiger partial charge in [-0.1, -0.05) is 12.1 Å². The normalized spacial score (nSPS) is 11.8. The number of rotatable bonds is 8. The van der Waals surface area contributed by atoms with Gasteiger partial charge in [-0.15, -0.1) is 0 Å². The third kappa shape index (κ3) is 6.47. The minimum absolute atomic E-state index is 0.0739. The van der Waals surface area contributed by atoms with Crippen LogP contribution in [0.15, 0.2) is 47.4 Å². The molecule has 0 radical (unpaired) electrons. The van der Waals surface area contributed by atoms with E-state index in [1.54, 1.807) is 33.9 Å². The van der Waals surface area contributed by atoms with Crippen molar-refractivity contribution < 1.29 is 22.7 Å². The second kappa shape index (κ2) is 9.49. The maximum Gasteiger partial charge on any atom is 0.253 e. The van der Waals surface area contributed by atoms with E-state index in [-0.39, 0.29) is 22.1 Å².